The average Bonchev–Trinajstić information content (AvgIpc) is 2.54. The number of nitrogens with one attached hydrogen (secondary N) is 1. The fourth-order valence-corrected chi connectivity index (χ4v) is 5.06. The van der Waals surface area contributed by atoms with Crippen molar-refractivity contribution >= 4 is 25.1 Å². The predicted octanol–water partition coefficient (Wildman–Crippen LogP) is 3.24. The Balaban J connectivity index is 1.74. The summed E-state index contributed by atoms with van der Waals surface area (Å²) in [7, 11) is 0. The summed E-state index contributed by atoms with van der Waals surface area (Å²) in [4.78, 5) is 0. The molecule has 1 heterocycles. The van der Waals surface area contributed by atoms with E-state index in [0.717, 1.165) is 6.54 Å². The molecular formula is C19H24N2Se. The molecule has 1 saturated heterocycles. The molecule has 1 unspecified atom stereocenters. The van der Waals surface area contributed by atoms with Crippen LogP contribution in [0.4, 0.5) is 5.69 Å². The van der Waals surface area contributed by atoms with Gasteiger partial charge in [-0.2, -0.15) is 0 Å². The summed E-state index contributed by atoms with van der Waals surface area (Å²) in [5, 5.41) is 3.64. The number of benzene rings is 2. The first-order valence-electron chi connectivity index (χ1n) is 7.90. The first-order valence-corrected chi connectivity index (χ1v) is 9.96. The number of nitrogens with zero attached hydrogens (tertiary/aromatic N) is 1. The number of para-hydroxylation sites is 1. The van der Waals surface area contributed by atoms with E-state index in [1.807, 2.05) is 0 Å². The van der Waals surface area contributed by atoms with Crippen LogP contribution >= 0.6 is 0 Å². The van der Waals surface area contributed by atoms with Gasteiger partial charge in [0.1, 0.15) is 0 Å². The standard InChI is InChI=1S/C19H24N2Se/c1-19(2)13-17(14-22-18-11-7-4-8-12-18)21(20-15-19)16-9-5-3-6-10-16/h3-12,17,20H,13-15H2,1-2H3. The van der Waals surface area contributed by atoms with Gasteiger partial charge in [-0.3, -0.25) is 0 Å². The molecule has 0 spiro atoms. The first kappa shape index (κ1) is 15.6. The third-order valence-corrected chi connectivity index (χ3v) is 6.53. The Kier molecular flexibility index (Phi) is 4.87. The topological polar surface area (TPSA) is 15.3 Å². The molecule has 1 N–H and O–H groups in total. The zero-order chi connectivity index (χ0) is 15.4. The Labute approximate surface area is 140 Å². The molecule has 1 atom stereocenters. The van der Waals surface area contributed by atoms with Crippen molar-refractivity contribution in [1.29, 1.82) is 0 Å². The molecule has 0 amide bonds. The molecule has 0 bridgehead atoms. The van der Waals surface area contributed by atoms with Gasteiger partial charge in [0.05, 0.1) is 0 Å². The Morgan fingerprint density at radius 3 is 2.36 bits per heavy atom. The number of hydrazine groups is 1. The molecule has 0 saturated carbocycles. The molecule has 1 aliphatic rings. The van der Waals surface area contributed by atoms with Crippen molar-refractivity contribution in [3.05, 3.63) is 60.7 Å². The minimum atomic E-state index is 0.364. The van der Waals surface area contributed by atoms with Gasteiger partial charge in [-0.05, 0) is 0 Å². The van der Waals surface area contributed by atoms with E-state index in [4.69, 9.17) is 0 Å². The molecule has 116 valence electrons. The van der Waals surface area contributed by atoms with Crippen LogP contribution in [0.1, 0.15) is 20.3 Å². The molecule has 0 aromatic heterocycles. The van der Waals surface area contributed by atoms with Crippen molar-refractivity contribution in [2.75, 3.05) is 11.6 Å². The molecule has 2 nitrogen and oxygen atoms in total. The fourth-order valence-electron chi connectivity index (χ4n) is 2.96. The van der Waals surface area contributed by atoms with E-state index in [2.05, 4.69) is 84.9 Å². The summed E-state index contributed by atoms with van der Waals surface area (Å²) in [5.41, 5.74) is 5.30. The second-order valence-corrected chi connectivity index (χ2v) is 8.98. The van der Waals surface area contributed by atoms with Gasteiger partial charge >= 0.3 is 140 Å². The van der Waals surface area contributed by atoms with Crippen LogP contribution in [0.5, 0.6) is 0 Å². The predicted molar refractivity (Wildman–Crippen MR) is 95.7 cm³/mol. The second-order valence-electron chi connectivity index (χ2n) is 6.69. The van der Waals surface area contributed by atoms with Gasteiger partial charge in [0.2, 0.25) is 0 Å². The molecule has 2 aromatic rings. The van der Waals surface area contributed by atoms with Crippen molar-refractivity contribution in [1.82, 2.24) is 5.43 Å². The van der Waals surface area contributed by atoms with Crippen molar-refractivity contribution < 1.29 is 0 Å². The van der Waals surface area contributed by atoms with Crippen LogP contribution in [0.2, 0.25) is 5.32 Å². The van der Waals surface area contributed by atoms with E-state index in [1.165, 1.54) is 21.9 Å². The number of hydrogen-bond acceptors (Lipinski definition) is 2. The molecule has 3 heteroatoms. The second kappa shape index (κ2) is 6.87. The van der Waals surface area contributed by atoms with Gasteiger partial charge in [-0.15, -0.1) is 0 Å². The van der Waals surface area contributed by atoms with Crippen LogP contribution < -0.4 is 14.9 Å². The van der Waals surface area contributed by atoms with Gasteiger partial charge in [0.15, 0.2) is 0 Å². The van der Waals surface area contributed by atoms with E-state index in [0.29, 0.717) is 26.4 Å². The number of hydrogen-bond donors (Lipinski definition) is 1. The van der Waals surface area contributed by atoms with Crippen LogP contribution in [-0.2, 0) is 0 Å². The number of anilines is 1. The maximum absolute atomic E-state index is 3.66. The Morgan fingerprint density at radius 1 is 1.05 bits per heavy atom. The first-order chi connectivity index (χ1) is 10.6. The average molecular weight is 359 g/mol. The summed E-state index contributed by atoms with van der Waals surface area (Å²) in [5.74, 6) is 0. The Bertz CT molecular complexity index is 583. The van der Waals surface area contributed by atoms with E-state index in [9.17, 15) is 0 Å². The molecule has 3 rings (SSSR count). The molecular weight excluding hydrogens is 335 g/mol. The van der Waals surface area contributed by atoms with Crippen molar-refractivity contribution in [3.8, 4) is 0 Å². The number of rotatable bonds is 4. The third kappa shape index (κ3) is 3.92. The summed E-state index contributed by atoms with van der Waals surface area (Å²) in [6.45, 7) is 5.77. The van der Waals surface area contributed by atoms with Crippen LogP contribution in [0, 0.1) is 5.41 Å². The van der Waals surface area contributed by atoms with E-state index < -0.39 is 0 Å². The molecule has 1 aliphatic heterocycles. The van der Waals surface area contributed by atoms with Crippen LogP contribution in [0.25, 0.3) is 0 Å². The Hall–Kier alpha value is -1.28. The molecule has 0 aliphatic carbocycles. The van der Waals surface area contributed by atoms with Gasteiger partial charge in [-0.1, -0.05) is 0 Å². The molecule has 1 fully saturated rings. The van der Waals surface area contributed by atoms with E-state index in [-0.39, 0.29) is 0 Å². The quantitative estimate of drug-likeness (QED) is 0.843. The van der Waals surface area contributed by atoms with Crippen molar-refractivity contribution in [3.63, 3.8) is 0 Å². The van der Waals surface area contributed by atoms with Crippen LogP contribution in [0.15, 0.2) is 60.7 Å². The third-order valence-electron chi connectivity index (χ3n) is 4.10. The van der Waals surface area contributed by atoms with Gasteiger partial charge in [-0.25, -0.2) is 0 Å². The van der Waals surface area contributed by atoms with Gasteiger partial charge < -0.3 is 0 Å². The molecule has 22 heavy (non-hydrogen) atoms. The Morgan fingerprint density at radius 2 is 1.68 bits per heavy atom. The van der Waals surface area contributed by atoms with Crippen LogP contribution in [0.3, 0.4) is 0 Å². The van der Waals surface area contributed by atoms with Crippen LogP contribution in [-0.4, -0.2) is 27.5 Å². The monoisotopic (exact) mass is 360 g/mol. The van der Waals surface area contributed by atoms with E-state index in [1.54, 1.807) is 0 Å². The normalized spacial score (nSPS) is 20.8. The van der Waals surface area contributed by atoms with Gasteiger partial charge in [0.25, 0.3) is 0 Å². The molecule has 0 radical (unpaired) electrons. The fraction of sp³-hybridized carbons (Fsp3) is 0.368. The van der Waals surface area contributed by atoms with Gasteiger partial charge in [0, 0.05) is 0 Å². The maximum atomic E-state index is 3.66. The zero-order valence-corrected chi connectivity index (χ0v) is 15.0. The minimum absolute atomic E-state index is 0.364. The molecule has 2 aromatic carbocycles. The summed E-state index contributed by atoms with van der Waals surface area (Å²) in [6.07, 6.45) is 1.24. The summed E-state index contributed by atoms with van der Waals surface area (Å²) < 4.78 is 1.49. The summed E-state index contributed by atoms with van der Waals surface area (Å²) in [6, 6.07) is 22.2. The van der Waals surface area contributed by atoms with Crippen molar-refractivity contribution in [2.24, 2.45) is 5.41 Å². The SMILES string of the molecule is CC1(C)CNN(c2ccccc2)C(C[Se]c2ccccc2)C1. The zero-order valence-electron chi connectivity index (χ0n) is 13.3. The summed E-state index contributed by atoms with van der Waals surface area (Å²) >= 11 is 0.522. The van der Waals surface area contributed by atoms with E-state index >= 15 is 0 Å². The van der Waals surface area contributed by atoms with Crippen molar-refractivity contribution in [2.45, 2.75) is 31.6 Å².